The van der Waals surface area contributed by atoms with Gasteiger partial charge in [-0.25, -0.2) is 0 Å². The van der Waals surface area contributed by atoms with Crippen molar-refractivity contribution in [2.24, 2.45) is 5.73 Å². The van der Waals surface area contributed by atoms with E-state index in [0.717, 1.165) is 0 Å². The Kier molecular flexibility index (Phi) is 2.60. The number of hydrogen-bond donors (Lipinski definition) is 1. The number of rotatable bonds is 1. The van der Waals surface area contributed by atoms with Crippen LogP contribution in [0.5, 0.6) is 0 Å². The van der Waals surface area contributed by atoms with Crippen LogP contribution in [-0.2, 0) is 0 Å². The minimum atomic E-state index is 0.438. The van der Waals surface area contributed by atoms with Crippen LogP contribution in [0.15, 0.2) is 24.5 Å². The highest BCUT2D eigenvalue weighted by molar-refractivity contribution is 5.15. The van der Waals surface area contributed by atoms with E-state index in [1.165, 1.54) is 31.2 Å². The normalized spacial score (nSPS) is 28.7. The molecule has 2 heteroatoms. The maximum atomic E-state index is 5.86. The van der Waals surface area contributed by atoms with Gasteiger partial charge in [0.2, 0.25) is 0 Å². The number of aromatic nitrogens is 1. The summed E-state index contributed by atoms with van der Waals surface area (Å²) in [6, 6.07) is 4.63. The van der Waals surface area contributed by atoms with Gasteiger partial charge < -0.3 is 5.73 Å². The zero-order chi connectivity index (χ0) is 9.10. The largest absolute Gasteiger partial charge is 0.328 e. The minimum Gasteiger partial charge on any atom is -0.328 e. The molecule has 0 saturated heterocycles. The Morgan fingerprint density at radius 1 is 1.23 bits per heavy atom. The first-order chi connectivity index (χ1) is 6.36. The van der Waals surface area contributed by atoms with Gasteiger partial charge in [0.15, 0.2) is 0 Å². The molecule has 70 valence electrons. The van der Waals surface area contributed by atoms with Gasteiger partial charge in [0.05, 0.1) is 0 Å². The molecule has 2 N–H and O–H groups in total. The minimum absolute atomic E-state index is 0.438. The molecule has 0 aromatic carbocycles. The summed E-state index contributed by atoms with van der Waals surface area (Å²) in [6.45, 7) is 0. The molecule has 0 aliphatic heterocycles. The molecule has 2 nitrogen and oxygen atoms in total. The van der Waals surface area contributed by atoms with E-state index in [-0.39, 0.29) is 0 Å². The van der Waals surface area contributed by atoms with E-state index in [1.54, 1.807) is 0 Å². The Morgan fingerprint density at radius 3 is 2.62 bits per heavy atom. The number of nitrogens with zero attached hydrogens (tertiary/aromatic N) is 1. The summed E-state index contributed by atoms with van der Waals surface area (Å²) in [5, 5.41) is 0. The smallest absolute Gasteiger partial charge is 0.0302 e. The van der Waals surface area contributed by atoms with Crippen LogP contribution >= 0.6 is 0 Å². The molecule has 0 atom stereocenters. The van der Waals surface area contributed by atoms with E-state index in [9.17, 15) is 0 Å². The zero-order valence-corrected chi connectivity index (χ0v) is 7.82. The fourth-order valence-corrected chi connectivity index (χ4v) is 2.07. The van der Waals surface area contributed by atoms with Crippen LogP contribution in [0.3, 0.4) is 0 Å². The molecule has 1 saturated carbocycles. The van der Waals surface area contributed by atoms with Gasteiger partial charge >= 0.3 is 0 Å². The van der Waals surface area contributed by atoms with Crippen molar-refractivity contribution in [3.63, 3.8) is 0 Å². The van der Waals surface area contributed by atoms with E-state index >= 15 is 0 Å². The molecule has 0 radical (unpaired) electrons. The topological polar surface area (TPSA) is 38.9 Å². The summed E-state index contributed by atoms with van der Waals surface area (Å²) in [7, 11) is 0. The monoisotopic (exact) mass is 176 g/mol. The molecule has 2 rings (SSSR count). The third-order valence-electron chi connectivity index (χ3n) is 2.93. The Balaban J connectivity index is 2.03. The van der Waals surface area contributed by atoms with Crippen molar-refractivity contribution in [3.8, 4) is 0 Å². The molecular formula is C11H16N2. The molecule has 0 spiro atoms. The lowest BCUT2D eigenvalue weighted by Crippen LogP contribution is -2.25. The van der Waals surface area contributed by atoms with Gasteiger partial charge in [-0.1, -0.05) is 6.07 Å². The predicted octanol–water partition coefficient (Wildman–Crippen LogP) is 2.07. The summed E-state index contributed by atoms with van der Waals surface area (Å²) < 4.78 is 0. The van der Waals surface area contributed by atoms with Crippen LogP contribution in [0.25, 0.3) is 0 Å². The molecular weight excluding hydrogens is 160 g/mol. The highest BCUT2D eigenvalue weighted by atomic mass is 14.6. The SMILES string of the molecule is N[C@H]1CC[C@@H](c2cccnc2)CC1. The zero-order valence-electron chi connectivity index (χ0n) is 7.82. The van der Waals surface area contributed by atoms with Crippen molar-refractivity contribution in [1.29, 1.82) is 0 Å². The first-order valence-electron chi connectivity index (χ1n) is 5.02. The van der Waals surface area contributed by atoms with Crippen LogP contribution in [-0.4, -0.2) is 11.0 Å². The molecule has 1 aromatic heterocycles. The molecule has 1 fully saturated rings. The second kappa shape index (κ2) is 3.88. The number of pyridine rings is 1. The first kappa shape index (κ1) is 8.70. The van der Waals surface area contributed by atoms with Crippen LogP contribution < -0.4 is 5.73 Å². The van der Waals surface area contributed by atoms with Gasteiger partial charge in [-0.15, -0.1) is 0 Å². The second-order valence-electron chi connectivity index (χ2n) is 3.90. The van der Waals surface area contributed by atoms with Gasteiger partial charge in [-0.05, 0) is 43.2 Å². The molecule has 0 amide bonds. The third kappa shape index (κ3) is 2.07. The van der Waals surface area contributed by atoms with Crippen molar-refractivity contribution in [2.45, 2.75) is 37.6 Å². The van der Waals surface area contributed by atoms with Gasteiger partial charge in [0, 0.05) is 18.4 Å². The lowest BCUT2D eigenvalue weighted by molar-refractivity contribution is 0.395. The van der Waals surface area contributed by atoms with Gasteiger partial charge in [-0.2, -0.15) is 0 Å². The fraction of sp³-hybridized carbons (Fsp3) is 0.545. The van der Waals surface area contributed by atoms with E-state index in [0.29, 0.717) is 12.0 Å². The molecule has 1 heterocycles. The molecule has 0 unspecified atom stereocenters. The van der Waals surface area contributed by atoms with Crippen molar-refractivity contribution in [2.75, 3.05) is 0 Å². The summed E-state index contributed by atoms with van der Waals surface area (Å²) in [5.74, 6) is 0.702. The molecule has 1 aromatic rings. The fourth-order valence-electron chi connectivity index (χ4n) is 2.07. The summed E-state index contributed by atoms with van der Waals surface area (Å²) in [5.41, 5.74) is 7.24. The summed E-state index contributed by atoms with van der Waals surface area (Å²) in [6.07, 6.45) is 8.61. The molecule has 1 aliphatic carbocycles. The van der Waals surface area contributed by atoms with Crippen LogP contribution in [0.1, 0.15) is 37.2 Å². The van der Waals surface area contributed by atoms with Crippen molar-refractivity contribution < 1.29 is 0 Å². The van der Waals surface area contributed by atoms with E-state index < -0.39 is 0 Å². The maximum Gasteiger partial charge on any atom is 0.0302 e. The van der Waals surface area contributed by atoms with E-state index in [4.69, 9.17) is 5.73 Å². The average Bonchev–Trinajstić information content (AvgIpc) is 2.20. The van der Waals surface area contributed by atoms with Crippen LogP contribution in [0.2, 0.25) is 0 Å². The van der Waals surface area contributed by atoms with Gasteiger partial charge in [0.1, 0.15) is 0 Å². The average molecular weight is 176 g/mol. The third-order valence-corrected chi connectivity index (χ3v) is 2.93. The Bertz CT molecular complexity index is 250. The molecule has 1 aliphatic rings. The first-order valence-corrected chi connectivity index (χ1v) is 5.02. The summed E-state index contributed by atoms with van der Waals surface area (Å²) in [4.78, 5) is 4.15. The van der Waals surface area contributed by atoms with Crippen molar-refractivity contribution >= 4 is 0 Å². The van der Waals surface area contributed by atoms with E-state index in [1.807, 2.05) is 18.5 Å². The maximum absolute atomic E-state index is 5.86. The van der Waals surface area contributed by atoms with Crippen molar-refractivity contribution in [3.05, 3.63) is 30.1 Å². The van der Waals surface area contributed by atoms with Crippen molar-refractivity contribution in [1.82, 2.24) is 4.98 Å². The lowest BCUT2D eigenvalue weighted by atomic mass is 9.83. The van der Waals surface area contributed by atoms with Crippen LogP contribution in [0.4, 0.5) is 0 Å². The predicted molar refractivity (Wildman–Crippen MR) is 53.4 cm³/mol. The van der Waals surface area contributed by atoms with Gasteiger partial charge in [-0.3, -0.25) is 4.98 Å². The Hall–Kier alpha value is -0.890. The van der Waals surface area contributed by atoms with E-state index in [2.05, 4.69) is 11.1 Å². The second-order valence-corrected chi connectivity index (χ2v) is 3.90. The standard InChI is InChI=1S/C11H16N2/c12-11-5-3-9(4-6-11)10-2-1-7-13-8-10/h1-2,7-9,11H,3-6,12H2/t9-,11+. The number of hydrogen-bond acceptors (Lipinski definition) is 2. The van der Waals surface area contributed by atoms with Gasteiger partial charge in [0.25, 0.3) is 0 Å². The highest BCUT2D eigenvalue weighted by Gasteiger charge is 2.19. The highest BCUT2D eigenvalue weighted by Crippen LogP contribution is 2.31. The van der Waals surface area contributed by atoms with Crippen LogP contribution in [0, 0.1) is 0 Å². The molecule has 13 heavy (non-hydrogen) atoms. The quantitative estimate of drug-likeness (QED) is 0.711. The lowest BCUT2D eigenvalue weighted by Gasteiger charge is -2.25. The number of nitrogens with two attached hydrogens (primary N) is 1. The molecule has 0 bridgehead atoms. The Morgan fingerprint density at radius 2 is 2.00 bits per heavy atom. The Labute approximate surface area is 79.2 Å². The summed E-state index contributed by atoms with van der Waals surface area (Å²) >= 11 is 0.